The number of nitrogens with one attached hydrogen (secondary N) is 1. The van der Waals surface area contributed by atoms with E-state index in [1.807, 2.05) is 11.0 Å². The molecule has 5 nitrogen and oxygen atoms in total. The van der Waals surface area contributed by atoms with Gasteiger partial charge in [-0.3, -0.25) is 9.69 Å². The number of primary amides is 1. The molecular weight excluding hydrogens is 275 g/mol. The van der Waals surface area contributed by atoms with Crippen LogP contribution in [0.1, 0.15) is 5.56 Å². The lowest BCUT2D eigenvalue weighted by atomic mass is 10.1. The van der Waals surface area contributed by atoms with Gasteiger partial charge in [0.15, 0.2) is 0 Å². The Bertz CT molecular complexity index is 455. The molecule has 7 heteroatoms. The fourth-order valence-corrected chi connectivity index (χ4v) is 2.40. The van der Waals surface area contributed by atoms with E-state index < -0.39 is 0 Å². The molecule has 1 aromatic heterocycles. The van der Waals surface area contributed by atoms with Gasteiger partial charge in [-0.25, -0.2) is 4.98 Å². The van der Waals surface area contributed by atoms with Crippen LogP contribution in [-0.2, 0) is 11.3 Å². The third-order valence-electron chi connectivity index (χ3n) is 2.95. The lowest BCUT2D eigenvalue weighted by Crippen LogP contribution is -2.56. The normalized spacial score (nSPS) is 20.9. The maximum absolute atomic E-state index is 11.4. The highest BCUT2D eigenvalue weighted by Gasteiger charge is 2.27. The maximum Gasteiger partial charge on any atom is 0.236 e. The van der Waals surface area contributed by atoms with E-state index in [0.717, 1.165) is 18.7 Å². The smallest absolute Gasteiger partial charge is 0.236 e. The summed E-state index contributed by atoms with van der Waals surface area (Å²) in [6.07, 6.45) is 0. The van der Waals surface area contributed by atoms with Crippen molar-refractivity contribution in [3.8, 4) is 0 Å². The van der Waals surface area contributed by atoms with Gasteiger partial charge in [-0.1, -0.05) is 29.3 Å². The minimum absolute atomic E-state index is 0.314. The van der Waals surface area contributed by atoms with Crippen molar-refractivity contribution in [1.82, 2.24) is 15.2 Å². The molecule has 1 aliphatic rings. The van der Waals surface area contributed by atoms with Gasteiger partial charge in [0.1, 0.15) is 16.3 Å². The summed E-state index contributed by atoms with van der Waals surface area (Å²) in [7, 11) is 0. The molecule has 2 heterocycles. The minimum Gasteiger partial charge on any atom is -0.368 e. The predicted octanol–water partition coefficient (Wildman–Crippen LogP) is 0.648. The van der Waals surface area contributed by atoms with Crippen molar-refractivity contribution < 1.29 is 4.79 Å². The average Bonchev–Trinajstić information content (AvgIpc) is 2.33. The van der Waals surface area contributed by atoms with Crippen LogP contribution in [0.4, 0.5) is 0 Å². The Morgan fingerprint density at radius 2 is 2.33 bits per heavy atom. The average molecular weight is 289 g/mol. The second-order valence-electron chi connectivity index (χ2n) is 4.18. The second-order valence-corrected chi connectivity index (χ2v) is 4.92. The van der Waals surface area contributed by atoms with Crippen LogP contribution in [0.5, 0.6) is 0 Å². The number of nitrogens with zero attached hydrogens (tertiary/aromatic N) is 2. The molecular formula is C11H14Cl2N4O. The Morgan fingerprint density at radius 1 is 1.56 bits per heavy atom. The number of nitrogens with two attached hydrogens (primary N) is 1. The predicted molar refractivity (Wildman–Crippen MR) is 70.5 cm³/mol. The van der Waals surface area contributed by atoms with Crippen LogP contribution >= 0.6 is 23.2 Å². The monoisotopic (exact) mass is 288 g/mol. The summed E-state index contributed by atoms with van der Waals surface area (Å²) >= 11 is 11.8. The van der Waals surface area contributed by atoms with Gasteiger partial charge in [-0.2, -0.15) is 0 Å². The molecule has 3 N–H and O–H groups in total. The van der Waals surface area contributed by atoms with Gasteiger partial charge in [-0.15, -0.1) is 0 Å². The van der Waals surface area contributed by atoms with Crippen molar-refractivity contribution in [2.45, 2.75) is 12.6 Å². The third-order valence-corrected chi connectivity index (χ3v) is 3.49. The lowest BCUT2D eigenvalue weighted by molar-refractivity contribution is -0.124. The zero-order valence-corrected chi connectivity index (χ0v) is 11.2. The molecule has 1 atom stereocenters. The molecule has 1 amide bonds. The number of rotatable bonds is 3. The van der Waals surface area contributed by atoms with E-state index in [2.05, 4.69) is 10.3 Å². The Labute approximate surface area is 115 Å². The first-order chi connectivity index (χ1) is 8.58. The lowest BCUT2D eigenvalue weighted by Gasteiger charge is -2.34. The molecule has 1 aliphatic heterocycles. The van der Waals surface area contributed by atoms with Gasteiger partial charge in [0.25, 0.3) is 0 Å². The molecule has 18 heavy (non-hydrogen) atoms. The van der Waals surface area contributed by atoms with E-state index in [1.54, 1.807) is 6.07 Å². The van der Waals surface area contributed by atoms with E-state index >= 15 is 0 Å². The Kier molecular flexibility index (Phi) is 4.40. The van der Waals surface area contributed by atoms with E-state index in [9.17, 15) is 4.79 Å². The standard InChI is InChI=1S/C11H14Cl2N4O/c12-9-2-1-7(10(13)16-9)6-17-4-3-15-5-8(17)11(14)18/h1-2,8,15H,3-6H2,(H2,14,18). The van der Waals surface area contributed by atoms with Crippen molar-refractivity contribution >= 4 is 29.1 Å². The van der Waals surface area contributed by atoms with Gasteiger partial charge in [-0.05, 0) is 6.07 Å². The molecule has 98 valence electrons. The number of carbonyl (C=O) groups excluding carboxylic acids is 1. The molecule has 0 bridgehead atoms. The zero-order valence-electron chi connectivity index (χ0n) is 9.70. The number of hydrogen-bond acceptors (Lipinski definition) is 4. The largest absolute Gasteiger partial charge is 0.368 e. The highest BCUT2D eigenvalue weighted by Crippen LogP contribution is 2.19. The highest BCUT2D eigenvalue weighted by molar-refractivity contribution is 6.32. The summed E-state index contributed by atoms with van der Waals surface area (Å²) < 4.78 is 0. The molecule has 0 spiro atoms. The molecule has 0 aromatic carbocycles. The SMILES string of the molecule is NC(=O)C1CNCCN1Cc1ccc(Cl)nc1Cl. The zero-order chi connectivity index (χ0) is 13.1. The van der Waals surface area contributed by atoms with Crippen molar-refractivity contribution in [2.75, 3.05) is 19.6 Å². The van der Waals surface area contributed by atoms with Gasteiger partial charge in [0.2, 0.25) is 5.91 Å². The molecule has 1 saturated heterocycles. The molecule has 1 unspecified atom stereocenters. The van der Waals surface area contributed by atoms with Crippen LogP contribution < -0.4 is 11.1 Å². The van der Waals surface area contributed by atoms with Crippen molar-refractivity contribution in [3.63, 3.8) is 0 Å². The number of halogens is 2. The Balaban J connectivity index is 2.13. The van der Waals surface area contributed by atoms with E-state index in [4.69, 9.17) is 28.9 Å². The summed E-state index contributed by atoms with van der Waals surface area (Å²) in [5.74, 6) is -0.333. The molecule has 1 aromatic rings. The van der Waals surface area contributed by atoms with E-state index in [1.165, 1.54) is 0 Å². The highest BCUT2D eigenvalue weighted by atomic mass is 35.5. The third kappa shape index (κ3) is 3.11. The molecule has 0 aliphatic carbocycles. The topological polar surface area (TPSA) is 71.2 Å². The van der Waals surface area contributed by atoms with Gasteiger partial charge in [0.05, 0.1) is 0 Å². The van der Waals surface area contributed by atoms with Crippen LogP contribution in [0.25, 0.3) is 0 Å². The first kappa shape index (κ1) is 13.5. The van der Waals surface area contributed by atoms with Crippen molar-refractivity contribution in [2.24, 2.45) is 5.73 Å². The second kappa shape index (κ2) is 5.84. The van der Waals surface area contributed by atoms with Gasteiger partial charge in [0, 0.05) is 31.7 Å². The summed E-state index contributed by atoms with van der Waals surface area (Å²) in [5, 5.41) is 3.87. The van der Waals surface area contributed by atoms with Gasteiger partial charge < -0.3 is 11.1 Å². The quantitative estimate of drug-likeness (QED) is 0.801. The number of amides is 1. The minimum atomic E-state index is -0.333. The van der Waals surface area contributed by atoms with Gasteiger partial charge >= 0.3 is 0 Å². The molecule has 2 rings (SSSR count). The fourth-order valence-electron chi connectivity index (χ4n) is 1.99. The summed E-state index contributed by atoms with van der Waals surface area (Å²) in [4.78, 5) is 17.3. The van der Waals surface area contributed by atoms with Crippen molar-refractivity contribution in [1.29, 1.82) is 0 Å². The summed E-state index contributed by atoms with van der Waals surface area (Å²) in [6.45, 7) is 2.67. The van der Waals surface area contributed by atoms with Crippen LogP contribution in [-0.4, -0.2) is 41.5 Å². The van der Waals surface area contributed by atoms with Crippen LogP contribution in [0, 0.1) is 0 Å². The van der Waals surface area contributed by atoms with Crippen LogP contribution in [0.2, 0.25) is 10.3 Å². The van der Waals surface area contributed by atoms with E-state index in [0.29, 0.717) is 23.4 Å². The molecule has 1 fully saturated rings. The number of piperazine rings is 1. The van der Waals surface area contributed by atoms with Crippen LogP contribution in [0.15, 0.2) is 12.1 Å². The summed E-state index contributed by atoms with van der Waals surface area (Å²) in [6, 6.07) is 3.19. The summed E-state index contributed by atoms with van der Waals surface area (Å²) in [5.41, 5.74) is 6.22. The first-order valence-corrected chi connectivity index (χ1v) is 6.38. The van der Waals surface area contributed by atoms with E-state index in [-0.39, 0.29) is 11.9 Å². The fraction of sp³-hybridized carbons (Fsp3) is 0.455. The number of pyridine rings is 1. The van der Waals surface area contributed by atoms with Crippen molar-refractivity contribution in [3.05, 3.63) is 28.0 Å². The first-order valence-electron chi connectivity index (χ1n) is 5.63. The Hall–Kier alpha value is -0.880. The number of carbonyl (C=O) groups is 1. The molecule has 0 saturated carbocycles. The van der Waals surface area contributed by atoms with Crippen LogP contribution in [0.3, 0.4) is 0 Å². The Morgan fingerprint density at radius 3 is 3.00 bits per heavy atom. The maximum atomic E-state index is 11.4. The molecule has 0 radical (unpaired) electrons. The number of aromatic nitrogens is 1. The number of hydrogen-bond donors (Lipinski definition) is 2.